The fourth-order valence-corrected chi connectivity index (χ4v) is 1.46. The minimum atomic E-state index is 0.619. The van der Waals surface area contributed by atoms with Gasteiger partial charge in [-0.25, -0.2) is 0 Å². The van der Waals surface area contributed by atoms with Gasteiger partial charge in [-0.3, -0.25) is 4.98 Å². The summed E-state index contributed by atoms with van der Waals surface area (Å²) in [6.07, 6.45) is 3.16. The van der Waals surface area contributed by atoms with Crippen LogP contribution in [-0.2, 0) is 13.1 Å². The number of aromatic nitrogens is 3. The summed E-state index contributed by atoms with van der Waals surface area (Å²) >= 11 is 1.62. The van der Waals surface area contributed by atoms with Crippen LogP contribution in [0.3, 0.4) is 0 Å². The van der Waals surface area contributed by atoms with Crippen molar-refractivity contribution in [1.29, 1.82) is 0 Å². The van der Waals surface area contributed by atoms with Gasteiger partial charge in [0.2, 0.25) is 6.39 Å². The molecule has 0 aliphatic heterocycles. The molecule has 0 aromatic carbocycles. The molecular formula is C7H8N4OS. The SMILES string of the molecule is c1nc(CNCc2cncs2)no1. The topological polar surface area (TPSA) is 63.8 Å². The molecule has 0 unspecified atom stereocenters. The van der Waals surface area contributed by atoms with Gasteiger partial charge >= 0.3 is 0 Å². The van der Waals surface area contributed by atoms with Gasteiger partial charge in [0.05, 0.1) is 12.1 Å². The van der Waals surface area contributed by atoms with Gasteiger partial charge in [0, 0.05) is 17.6 Å². The van der Waals surface area contributed by atoms with E-state index in [4.69, 9.17) is 0 Å². The predicted octanol–water partition coefficient (Wildman–Crippen LogP) is 0.816. The Morgan fingerprint density at radius 1 is 1.46 bits per heavy atom. The van der Waals surface area contributed by atoms with Gasteiger partial charge in [-0.1, -0.05) is 5.16 Å². The second-order valence-corrected chi connectivity index (χ2v) is 3.39. The van der Waals surface area contributed by atoms with Crippen LogP contribution in [0.4, 0.5) is 0 Å². The average molecular weight is 196 g/mol. The molecule has 0 radical (unpaired) electrons. The van der Waals surface area contributed by atoms with E-state index in [9.17, 15) is 0 Å². The monoisotopic (exact) mass is 196 g/mol. The summed E-state index contributed by atoms with van der Waals surface area (Å²) in [6.45, 7) is 1.41. The molecule has 5 nitrogen and oxygen atoms in total. The highest BCUT2D eigenvalue weighted by Crippen LogP contribution is 2.04. The highest BCUT2D eigenvalue weighted by Gasteiger charge is 1.98. The normalized spacial score (nSPS) is 10.5. The van der Waals surface area contributed by atoms with Gasteiger partial charge in [0.25, 0.3) is 0 Å². The molecule has 0 aliphatic rings. The highest BCUT2D eigenvalue weighted by atomic mass is 32.1. The summed E-state index contributed by atoms with van der Waals surface area (Å²) in [4.78, 5) is 9.05. The van der Waals surface area contributed by atoms with E-state index in [1.807, 2.05) is 11.7 Å². The Kier molecular flexibility index (Phi) is 2.63. The Balaban J connectivity index is 1.76. The van der Waals surface area contributed by atoms with Gasteiger partial charge < -0.3 is 9.84 Å². The summed E-state index contributed by atoms with van der Waals surface area (Å²) in [7, 11) is 0. The molecule has 0 saturated carbocycles. The lowest BCUT2D eigenvalue weighted by Crippen LogP contribution is -2.12. The molecule has 0 saturated heterocycles. The van der Waals surface area contributed by atoms with Crippen molar-refractivity contribution >= 4 is 11.3 Å². The van der Waals surface area contributed by atoms with Crippen molar-refractivity contribution in [3.63, 3.8) is 0 Å². The van der Waals surface area contributed by atoms with E-state index in [2.05, 4.69) is 25.0 Å². The van der Waals surface area contributed by atoms with Crippen molar-refractivity contribution in [1.82, 2.24) is 20.4 Å². The first-order valence-corrected chi connectivity index (χ1v) is 4.66. The molecule has 68 valence electrons. The Labute approximate surface area is 78.8 Å². The number of nitrogens with one attached hydrogen (secondary N) is 1. The molecule has 0 amide bonds. The molecule has 0 bridgehead atoms. The van der Waals surface area contributed by atoms with Crippen molar-refractivity contribution in [2.24, 2.45) is 0 Å². The Morgan fingerprint density at radius 3 is 3.15 bits per heavy atom. The zero-order valence-corrected chi connectivity index (χ0v) is 7.62. The maximum absolute atomic E-state index is 4.59. The summed E-state index contributed by atoms with van der Waals surface area (Å²) in [5, 5.41) is 6.85. The van der Waals surface area contributed by atoms with Crippen molar-refractivity contribution in [3.05, 3.63) is 28.8 Å². The lowest BCUT2D eigenvalue weighted by atomic mass is 10.5. The van der Waals surface area contributed by atoms with Crippen LogP contribution in [0, 0.1) is 0 Å². The van der Waals surface area contributed by atoms with Crippen LogP contribution in [0.15, 0.2) is 22.6 Å². The fraction of sp³-hybridized carbons (Fsp3) is 0.286. The number of hydrogen-bond donors (Lipinski definition) is 1. The first kappa shape index (κ1) is 8.33. The van der Waals surface area contributed by atoms with E-state index in [-0.39, 0.29) is 0 Å². The molecule has 2 aromatic heterocycles. The van der Waals surface area contributed by atoms with Crippen molar-refractivity contribution < 1.29 is 4.52 Å². The third-order valence-electron chi connectivity index (χ3n) is 1.47. The van der Waals surface area contributed by atoms with Crippen LogP contribution in [0.5, 0.6) is 0 Å². The molecule has 2 rings (SSSR count). The number of nitrogens with zero attached hydrogens (tertiary/aromatic N) is 3. The van der Waals surface area contributed by atoms with Gasteiger partial charge in [0.15, 0.2) is 5.82 Å². The van der Waals surface area contributed by atoms with E-state index in [1.54, 1.807) is 11.3 Å². The summed E-state index contributed by atoms with van der Waals surface area (Å²) in [5.41, 5.74) is 1.81. The second-order valence-electron chi connectivity index (χ2n) is 2.42. The third kappa shape index (κ3) is 2.33. The standard InChI is InChI=1S/C7H8N4OS/c1(6-2-9-5-13-6)8-3-7-10-4-12-11-7/h2,4-5,8H,1,3H2. The molecule has 0 fully saturated rings. The van der Waals surface area contributed by atoms with E-state index < -0.39 is 0 Å². The largest absolute Gasteiger partial charge is 0.343 e. The summed E-state index contributed by atoms with van der Waals surface area (Å²) < 4.78 is 4.59. The number of hydrogen-bond acceptors (Lipinski definition) is 6. The first-order valence-electron chi connectivity index (χ1n) is 3.78. The van der Waals surface area contributed by atoms with E-state index in [1.165, 1.54) is 11.3 Å². The lowest BCUT2D eigenvalue weighted by molar-refractivity contribution is 0.407. The van der Waals surface area contributed by atoms with Crippen molar-refractivity contribution in [3.8, 4) is 0 Å². The molecule has 1 N–H and O–H groups in total. The smallest absolute Gasteiger partial charge is 0.213 e. The second kappa shape index (κ2) is 4.11. The van der Waals surface area contributed by atoms with Crippen LogP contribution in [0.2, 0.25) is 0 Å². The first-order chi connectivity index (χ1) is 6.45. The zero-order valence-electron chi connectivity index (χ0n) is 6.80. The summed E-state index contributed by atoms with van der Waals surface area (Å²) in [6, 6.07) is 0. The predicted molar refractivity (Wildman–Crippen MR) is 47.0 cm³/mol. The number of rotatable bonds is 4. The van der Waals surface area contributed by atoms with Gasteiger partial charge in [-0.15, -0.1) is 11.3 Å². The van der Waals surface area contributed by atoms with Crippen LogP contribution < -0.4 is 5.32 Å². The molecule has 0 atom stereocenters. The van der Waals surface area contributed by atoms with Crippen molar-refractivity contribution in [2.75, 3.05) is 0 Å². The minimum Gasteiger partial charge on any atom is -0.343 e. The van der Waals surface area contributed by atoms with E-state index in [0.29, 0.717) is 12.4 Å². The van der Waals surface area contributed by atoms with Gasteiger partial charge in [-0.05, 0) is 0 Å². The molecule has 2 aromatic rings. The van der Waals surface area contributed by atoms with Crippen LogP contribution in [0.25, 0.3) is 0 Å². The third-order valence-corrected chi connectivity index (χ3v) is 2.25. The van der Waals surface area contributed by atoms with Gasteiger partial charge in [0.1, 0.15) is 0 Å². The maximum atomic E-state index is 4.59. The van der Waals surface area contributed by atoms with E-state index >= 15 is 0 Å². The molecule has 0 aliphatic carbocycles. The molecule has 2 heterocycles. The highest BCUT2D eigenvalue weighted by molar-refractivity contribution is 7.09. The van der Waals surface area contributed by atoms with Crippen LogP contribution in [-0.4, -0.2) is 15.1 Å². The minimum absolute atomic E-state index is 0.619. The van der Waals surface area contributed by atoms with Crippen LogP contribution >= 0.6 is 11.3 Å². The molecule has 13 heavy (non-hydrogen) atoms. The maximum Gasteiger partial charge on any atom is 0.213 e. The quantitative estimate of drug-likeness (QED) is 0.784. The molecule has 0 spiro atoms. The van der Waals surface area contributed by atoms with Crippen molar-refractivity contribution in [2.45, 2.75) is 13.1 Å². The molecule has 6 heteroatoms. The Hall–Kier alpha value is -1.27. The fourth-order valence-electron chi connectivity index (χ4n) is 0.897. The average Bonchev–Trinajstić information content (AvgIpc) is 2.75. The Bertz CT molecular complexity index is 297. The zero-order chi connectivity index (χ0) is 8.93. The Morgan fingerprint density at radius 2 is 2.46 bits per heavy atom. The van der Waals surface area contributed by atoms with E-state index in [0.717, 1.165) is 6.54 Å². The lowest BCUT2D eigenvalue weighted by Gasteiger charge is -1.96. The van der Waals surface area contributed by atoms with Crippen LogP contribution in [0.1, 0.15) is 10.7 Å². The summed E-state index contributed by atoms with van der Waals surface area (Å²) in [5.74, 6) is 0.671. The number of thiazole rings is 1. The molecular weight excluding hydrogens is 188 g/mol. The van der Waals surface area contributed by atoms with Gasteiger partial charge in [-0.2, -0.15) is 4.98 Å².